The van der Waals surface area contributed by atoms with E-state index in [1.165, 1.54) is 48.7 Å². The van der Waals surface area contributed by atoms with Crippen molar-refractivity contribution >= 4 is 0 Å². The molecule has 1 aromatic rings. The maximum atomic E-state index is 2.49. The van der Waals surface area contributed by atoms with Crippen LogP contribution in [0.3, 0.4) is 0 Å². The summed E-state index contributed by atoms with van der Waals surface area (Å²) >= 11 is 0. The van der Waals surface area contributed by atoms with E-state index in [1.807, 2.05) is 0 Å². The lowest BCUT2D eigenvalue weighted by molar-refractivity contribution is -0.960. The molecule has 1 nitrogen and oxygen atoms in total. The molecule has 0 spiro atoms. The number of hydrogen-bond donors (Lipinski definition) is 0. The van der Waals surface area contributed by atoms with Gasteiger partial charge in [0.2, 0.25) is 0 Å². The Morgan fingerprint density at radius 3 is 2.18 bits per heavy atom. The van der Waals surface area contributed by atoms with Gasteiger partial charge in [0.1, 0.15) is 6.54 Å². The van der Waals surface area contributed by atoms with Gasteiger partial charge in [0, 0.05) is 18.4 Å². The van der Waals surface area contributed by atoms with Crippen molar-refractivity contribution in [2.75, 3.05) is 7.05 Å². The SMILES string of the molecule is C[N+]1(Cc2ccccc2)C2CCCC1CC2.[Br-]. The van der Waals surface area contributed by atoms with Gasteiger partial charge >= 0.3 is 0 Å². The van der Waals surface area contributed by atoms with Crippen molar-refractivity contribution < 1.29 is 21.5 Å². The molecule has 0 radical (unpaired) electrons. The molecule has 0 amide bonds. The largest absolute Gasteiger partial charge is 1.00 e. The lowest BCUT2D eigenvalue weighted by Gasteiger charge is -2.44. The van der Waals surface area contributed by atoms with E-state index in [0.717, 1.165) is 12.1 Å². The second-order valence-electron chi connectivity index (χ2n) is 5.81. The zero-order valence-corrected chi connectivity index (χ0v) is 12.2. The Hall–Kier alpha value is -0.340. The monoisotopic (exact) mass is 295 g/mol. The molecule has 0 aliphatic carbocycles. The van der Waals surface area contributed by atoms with Crippen LogP contribution < -0.4 is 17.0 Å². The summed E-state index contributed by atoms with van der Waals surface area (Å²) in [4.78, 5) is 0. The molecule has 2 heteroatoms. The molecule has 0 N–H and O–H groups in total. The third-order valence-electron chi connectivity index (χ3n) is 4.94. The van der Waals surface area contributed by atoms with Crippen molar-refractivity contribution in [3.8, 4) is 0 Å². The first-order valence-corrected chi connectivity index (χ1v) is 6.68. The van der Waals surface area contributed by atoms with E-state index >= 15 is 0 Å². The minimum atomic E-state index is 0. The Balaban J connectivity index is 0.00000108. The van der Waals surface area contributed by atoms with Crippen LogP contribution in [-0.2, 0) is 6.54 Å². The molecule has 3 rings (SSSR count). The molecule has 0 aromatic heterocycles. The summed E-state index contributed by atoms with van der Waals surface area (Å²) in [5, 5.41) is 0. The Kier molecular flexibility index (Phi) is 3.94. The molecule has 2 aliphatic heterocycles. The number of nitrogens with zero attached hydrogens (tertiary/aromatic N) is 1. The summed E-state index contributed by atoms with van der Waals surface area (Å²) < 4.78 is 1.32. The third-order valence-corrected chi connectivity index (χ3v) is 4.94. The average Bonchev–Trinajstić information content (AvgIpc) is 2.52. The Morgan fingerprint density at radius 2 is 1.59 bits per heavy atom. The Bertz CT molecular complexity index is 346. The van der Waals surface area contributed by atoms with E-state index in [0.29, 0.717) is 0 Å². The van der Waals surface area contributed by atoms with Gasteiger partial charge in [0.15, 0.2) is 0 Å². The van der Waals surface area contributed by atoms with Gasteiger partial charge < -0.3 is 21.5 Å². The van der Waals surface area contributed by atoms with E-state index in [-0.39, 0.29) is 17.0 Å². The van der Waals surface area contributed by atoms with Crippen molar-refractivity contribution in [3.05, 3.63) is 35.9 Å². The summed E-state index contributed by atoms with van der Waals surface area (Å²) in [6.07, 6.45) is 7.32. The fraction of sp³-hybridized carbons (Fsp3) is 0.600. The van der Waals surface area contributed by atoms with Crippen LogP contribution >= 0.6 is 0 Å². The molecule has 1 aromatic carbocycles. The number of fused-ring (bicyclic) bond motifs is 2. The van der Waals surface area contributed by atoms with E-state index in [1.54, 1.807) is 0 Å². The van der Waals surface area contributed by atoms with Gasteiger partial charge in [-0.2, -0.15) is 0 Å². The Labute approximate surface area is 115 Å². The molecule has 2 fully saturated rings. The van der Waals surface area contributed by atoms with Crippen molar-refractivity contribution in [2.24, 2.45) is 0 Å². The third kappa shape index (κ3) is 2.30. The predicted molar refractivity (Wildman–Crippen MR) is 67.0 cm³/mol. The van der Waals surface area contributed by atoms with Gasteiger partial charge in [0.05, 0.1) is 19.1 Å². The highest BCUT2D eigenvalue weighted by Gasteiger charge is 2.48. The number of quaternary nitrogens is 1. The smallest absolute Gasteiger partial charge is 0.105 e. The average molecular weight is 296 g/mol. The zero-order chi connectivity index (χ0) is 11.0. The zero-order valence-electron chi connectivity index (χ0n) is 10.6. The summed E-state index contributed by atoms with van der Waals surface area (Å²) in [5.74, 6) is 0. The molecule has 2 unspecified atom stereocenters. The number of halogens is 1. The van der Waals surface area contributed by atoms with Crippen LogP contribution in [-0.4, -0.2) is 23.6 Å². The van der Waals surface area contributed by atoms with Crippen molar-refractivity contribution in [3.63, 3.8) is 0 Å². The lowest BCUT2D eigenvalue weighted by atomic mass is 9.98. The quantitative estimate of drug-likeness (QED) is 0.691. The summed E-state index contributed by atoms with van der Waals surface area (Å²) in [7, 11) is 2.49. The van der Waals surface area contributed by atoms with E-state index in [9.17, 15) is 0 Å². The van der Waals surface area contributed by atoms with Crippen LogP contribution in [0.25, 0.3) is 0 Å². The maximum absolute atomic E-state index is 2.49. The fourth-order valence-electron chi connectivity index (χ4n) is 3.98. The second-order valence-corrected chi connectivity index (χ2v) is 5.81. The highest BCUT2D eigenvalue weighted by atomic mass is 79.9. The topological polar surface area (TPSA) is 0 Å². The summed E-state index contributed by atoms with van der Waals surface area (Å²) in [5.41, 5.74) is 1.52. The summed E-state index contributed by atoms with van der Waals surface area (Å²) in [6.45, 7) is 1.25. The minimum absolute atomic E-state index is 0. The maximum Gasteiger partial charge on any atom is 0.105 e. The van der Waals surface area contributed by atoms with Gasteiger partial charge in [0.25, 0.3) is 0 Å². The molecule has 17 heavy (non-hydrogen) atoms. The van der Waals surface area contributed by atoms with E-state index < -0.39 is 0 Å². The lowest BCUT2D eigenvalue weighted by Crippen LogP contribution is -3.00. The van der Waals surface area contributed by atoms with Gasteiger partial charge in [-0.05, 0) is 19.3 Å². The first-order chi connectivity index (χ1) is 7.79. The number of piperidine rings is 1. The molecule has 2 atom stereocenters. The second kappa shape index (κ2) is 5.11. The van der Waals surface area contributed by atoms with Crippen LogP contribution in [0.5, 0.6) is 0 Å². The predicted octanol–water partition coefficient (Wildman–Crippen LogP) is 0.352. The first-order valence-electron chi connectivity index (χ1n) is 6.68. The van der Waals surface area contributed by atoms with Crippen LogP contribution in [0.1, 0.15) is 37.7 Å². The number of rotatable bonds is 2. The van der Waals surface area contributed by atoms with Gasteiger partial charge in [-0.25, -0.2) is 0 Å². The molecule has 0 saturated carbocycles. The molecular formula is C15H22BrN. The highest BCUT2D eigenvalue weighted by Crippen LogP contribution is 2.42. The van der Waals surface area contributed by atoms with Crippen LogP contribution in [0, 0.1) is 0 Å². The molecular weight excluding hydrogens is 274 g/mol. The van der Waals surface area contributed by atoms with Crippen LogP contribution in [0.2, 0.25) is 0 Å². The van der Waals surface area contributed by atoms with Crippen molar-refractivity contribution in [1.29, 1.82) is 0 Å². The van der Waals surface area contributed by atoms with Crippen LogP contribution in [0.4, 0.5) is 0 Å². The summed E-state index contributed by atoms with van der Waals surface area (Å²) in [6, 6.07) is 12.9. The van der Waals surface area contributed by atoms with Gasteiger partial charge in [-0.3, -0.25) is 0 Å². The first kappa shape index (κ1) is 13.1. The number of hydrogen-bond acceptors (Lipinski definition) is 0. The van der Waals surface area contributed by atoms with Gasteiger partial charge in [-0.15, -0.1) is 0 Å². The normalized spacial score (nSPS) is 35.4. The highest BCUT2D eigenvalue weighted by molar-refractivity contribution is 5.13. The molecule has 2 heterocycles. The van der Waals surface area contributed by atoms with E-state index in [2.05, 4.69) is 37.4 Å². The molecule has 2 aliphatic rings. The molecule has 2 bridgehead atoms. The molecule has 94 valence electrons. The van der Waals surface area contributed by atoms with E-state index in [4.69, 9.17) is 0 Å². The van der Waals surface area contributed by atoms with Crippen LogP contribution in [0.15, 0.2) is 30.3 Å². The Morgan fingerprint density at radius 1 is 1.00 bits per heavy atom. The van der Waals surface area contributed by atoms with Gasteiger partial charge in [-0.1, -0.05) is 30.3 Å². The molecule has 2 saturated heterocycles. The minimum Gasteiger partial charge on any atom is -1.00 e. The fourth-order valence-corrected chi connectivity index (χ4v) is 3.98. The number of benzene rings is 1. The van der Waals surface area contributed by atoms with Crippen molar-refractivity contribution in [1.82, 2.24) is 0 Å². The van der Waals surface area contributed by atoms with Crippen molar-refractivity contribution in [2.45, 2.75) is 50.7 Å². The standard InChI is InChI=1S/C15H22N.BrH/c1-16(12-13-6-3-2-4-7-13)14-8-5-9-15(16)11-10-14;/h2-4,6-7,14-15H,5,8-12H2,1H3;1H/q+1;/p-1.